The highest BCUT2D eigenvalue weighted by Crippen LogP contribution is 2.26. The van der Waals surface area contributed by atoms with E-state index in [2.05, 4.69) is 10.2 Å². The fraction of sp³-hybridized carbons (Fsp3) is 0.273. The van der Waals surface area contributed by atoms with Gasteiger partial charge in [-0.3, -0.25) is 5.10 Å². The van der Waals surface area contributed by atoms with Crippen LogP contribution < -0.4 is 0 Å². The van der Waals surface area contributed by atoms with E-state index in [0.717, 1.165) is 16.5 Å². The number of rotatable bonds is 2. The van der Waals surface area contributed by atoms with Crippen molar-refractivity contribution in [3.05, 3.63) is 29.5 Å². The minimum atomic E-state index is -0.991. The first kappa shape index (κ1) is 9.71. The summed E-state index contributed by atoms with van der Waals surface area (Å²) in [6, 6.07) is 5.68. The average molecular weight is 204 g/mol. The van der Waals surface area contributed by atoms with Gasteiger partial charge >= 0.3 is 5.97 Å². The predicted octanol–water partition coefficient (Wildman–Crippen LogP) is 2.38. The van der Waals surface area contributed by atoms with Crippen molar-refractivity contribution >= 4 is 16.9 Å². The lowest BCUT2D eigenvalue weighted by Crippen LogP contribution is -1.99. The Hall–Kier alpha value is -1.84. The molecule has 1 aromatic carbocycles. The third-order valence-electron chi connectivity index (χ3n) is 2.45. The van der Waals surface area contributed by atoms with Gasteiger partial charge in [0, 0.05) is 5.39 Å². The maximum atomic E-state index is 11.0. The summed E-state index contributed by atoms with van der Waals surface area (Å²) in [7, 11) is 0. The van der Waals surface area contributed by atoms with E-state index in [0.29, 0.717) is 0 Å². The molecule has 2 rings (SSSR count). The monoisotopic (exact) mass is 204 g/mol. The Morgan fingerprint density at radius 1 is 1.47 bits per heavy atom. The van der Waals surface area contributed by atoms with Crippen LogP contribution in [0.5, 0.6) is 0 Å². The molecule has 0 aliphatic carbocycles. The van der Waals surface area contributed by atoms with Gasteiger partial charge in [-0.25, -0.2) is 4.79 Å². The first-order valence-corrected chi connectivity index (χ1v) is 4.81. The van der Waals surface area contributed by atoms with Crippen molar-refractivity contribution in [2.24, 2.45) is 0 Å². The van der Waals surface area contributed by atoms with Crippen LogP contribution >= 0.6 is 0 Å². The number of hydrogen-bond donors (Lipinski definition) is 2. The molecule has 0 radical (unpaired) electrons. The first-order valence-electron chi connectivity index (χ1n) is 4.81. The van der Waals surface area contributed by atoms with Crippen LogP contribution in [0.15, 0.2) is 18.2 Å². The van der Waals surface area contributed by atoms with Gasteiger partial charge < -0.3 is 5.11 Å². The minimum Gasteiger partial charge on any atom is -0.476 e. The van der Waals surface area contributed by atoms with E-state index in [1.54, 1.807) is 0 Å². The molecule has 2 aromatic rings. The number of aromatic amines is 1. The van der Waals surface area contributed by atoms with Crippen molar-refractivity contribution in [1.29, 1.82) is 0 Å². The second-order valence-electron chi connectivity index (χ2n) is 3.80. The highest BCUT2D eigenvalue weighted by Gasteiger charge is 2.16. The number of H-pyrrole nitrogens is 1. The third-order valence-corrected chi connectivity index (χ3v) is 2.45. The van der Waals surface area contributed by atoms with Crippen molar-refractivity contribution in [3.8, 4) is 0 Å². The van der Waals surface area contributed by atoms with Crippen molar-refractivity contribution in [1.82, 2.24) is 10.2 Å². The summed E-state index contributed by atoms with van der Waals surface area (Å²) in [5.74, 6) is -0.709. The Morgan fingerprint density at radius 3 is 2.80 bits per heavy atom. The number of aromatic carboxylic acids is 1. The Bertz CT molecular complexity index is 514. The molecule has 0 fully saturated rings. The molecule has 0 spiro atoms. The maximum absolute atomic E-state index is 11.0. The number of carbonyl (C=O) groups is 1. The van der Waals surface area contributed by atoms with Gasteiger partial charge in [-0.05, 0) is 17.5 Å². The van der Waals surface area contributed by atoms with Crippen LogP contribution in [-0.4, -0.2) is 21.3 Å². The standard InChI is InChI=1S/C11H12N2O2/c1-6(2)7-4-3-5-8-9(7)10(11(14)15)13-12-8/h3-6H,1-2H3,(H,12,13)(H,14,15). The molecule has 15 heavy (non-hydrogen) atoms. The summed E-state index contributed by atoms with van der Waals surface area (Å²) in [5, 5.41) is 16.3. The molecule has 0 saturated carbocycles. The van der Waals surface area contributed by atoms with E-state index in [4.69, 9.17) is 5.11 Å². The number of nitrogens with one attached hydrogen (secondary N) is 1. The van der Waals surface area contributed by atoms with Crippen LogP contribution in [0.2, 0.25) is 0 Å². The number of hydrogen-bond acceptors (Lipinski definition) is 2. The molecule has 1 aromatic heterocycles. The highest BCUT2D eigenvalue weighted by molar-refractivity contribution is 6.02. The number of carboxylic acids is 1. The minimum absolute atomic E-state index is 0.106. The molecule has 4 nitrogen and oxygen atoms in total. The van der Waals surface area contributed by atoms with Gasteiger partial charge in [-0.15, -0.1) is 0 Å². The summed E-state index contributed by atoms with van der Waals surface area (Å²) < 4.78 is 0. The summed E-state index contributed by atoms with van der Waals surface area (Å²) in [6.45, 7) is 4.07. The van der Waals surface area contributed by atoms with Crippen molar-refractivity contribution in [3.63, 3.8) is 0 Å². The zero-order chi connectivity index (χ0) is 11.0. The zero-order valence-corrected chi connectivity index (χ0v) is 8.61. The summed E-state index contributed by atoms with van der Waals surface area (Å²) >= 11 is 0. The Kier molecular flexibility index (Phi) is 2.19. The first-order chi connectivity index (χ1) is 7.11. The number of benzene rings is 1. The van der Waals surface area contributed by atoms with Gasteiger partial charge in [-0.2, -0.15) is 5.10 Å². The third kappa shape index (κ3) is 1.48. The molecule has 0 atom stereocenters. The van der Waals surface area contributed by atoms with Crippen LogP contribution in [0.4, 0.5) is 0 Å². The SMILES string of the molecule is CC(C)c1cccc2[nH]nc(C(=O)O)c12. The van der Waals surface area contributed by atoms with E-state index in [1.807, 2.05) is 32.0 Å². The predicted molar refractivity (Wildman–Crippen MR) is 57.1 cm³/mol. The molecule has 78 valence electrons. The molecule has 0 bridgehead atoms. The van der Waals surface area contributed by atoms with Gasteiger partial charge in [0.15, 0.2) is 5.69 Å². The lowest BCUT2D eigenvalue weighted by Gasteiger charge is -2.06. The molecule has 0 aliphatic heterocycles. The maximum Gasteiger partial charge on any atom is 0.357 e. The van der Waals surface area contributed by atoms with E-state index >= 15 is 0 Å². The summed E-state index contributed by atoms with van der Waals surface area (Å²) in [6.07, 6.45) is 0. The number of fused-ring (bicyclic) bond motifs is 1. The number of carboxylic acid groups (broad SMARTS) is 1. The van der Waals surface area contributed by atoms with Gasteiger partial charge in [-0.1, -0.05) is 26.0 Å². The molecule has 0 unspecified atom stereocenters. The molecule has 0 saturated heterocycles. The average Bonchev–Trinajstić information content (AvgIpc) is 2.60. The Morgan fingerprint density at radius 2 is 2.20 bits per heavy atom. The molecule has 0 aliphatic rings. The quantitative estimate of drug-likeness (QED) is 0.789. The van der Waals surface area contributed by atoms with Crippen LogP contribution in [0, 0.1) is 0 Å². The van der Waals surface area contributed by atoms with Crippen LogP contribution in [0.3, 0.4) is 0 Å². The summed E-state index contributed by atoms with van der Waals surface area (Å²) in [5.41, 5.74) is 1.89. The van der Waals surface area contributed by atoms with Gasteiger partial charge in [0.2, 0.25) is 0 Å². The second-order valence-corrected chi connectivity index (χ2v) is 3.80. The fourth-order valence-corrected chi connectivity index (χ4v) is 1.74. The number of aromatic nitrogens is 2. The summed E-state index contributed by atoms with van der Waals surface area (Å²) in [4.78, 5) is 11.0. The van der Waals surface area contributed by atoms with E-state index in [1.165, 1.54) is 0 Å². The largest absolute Gasteiger partial charge is 0.476 e. The van der Waals surface area contributed by atoms with E-state index in [-0.39, 0.29) is 11.6 Å². The van der Waals surface area contributed by atoms with Crippen molar-refractivity contribution in [2.45, 2.75) is 19.8 Å². The topological polar surface area (TPSA) is 66.0 Å². The fourth-order valence-electron chi connectivity index (χ4n) is 1.74. The van der Waals surface area contributed by atoms with E-state index in [9.17, 15) is 4.79 Å². The van der Waals surface area contributed by atoms with E-state index < -0.39 is 5.97 Å². The van der Waals surface area contributed by atoms with Crippen LogP contribution in [0.1, 0.15) is 35.8 Å². The zero-order valence-electron chi connectivity index (χ0n) is 8.61. The van der Waals surface area contributed by atoms with Crippen LogP contribution in [0.25, 0.3) is 10.9 Å². The Balaban J connectivity index is 2.80. The molecule has 1 heterocycles. The highest BCUT2D eigenvalue weighted by atomic mass is 16.4. The molecular formula is C11H12N2O2. The molecular weight excluding hydrogens is 192 g/mol. The molecule has 0 amide bonds. The second kappa shape index (κ2) is 3.38. The van der Waals surface area contributed by atoms with Gasteiger partial charge in [0.25, 0.3) is 0 Å². The van der Waals surface area contributed by atoms with Crippen molar-refractivity contribution in [2.75, 3.05) is 0 Å². The normalized spacial score (nSPS) is 11.1. The van der Waals surface area contributed by atoms with Crippen LogP contribution in [-0.2, 0) is 0 Å². The van der Waals surface area contributed by atoms with Crippen molar-refractivity contribution < 1.29 is 9.90 Å². The Labute approximate surface area is 86.9 Å². The smallest absolute Gasteiger partial charge is 0.357 e. The van der Waals surface area contributed by atoms with Gasteiger partial charge in [0.1, 0.15) is 0 Å². The number of nitrogens with zero attached hydrogens (tertiary/aromatic N) is 1. The lowest BCUT2D eigenvalue weighted by molar-refractivity contribution is 0.0692. The van der Waals surface area contributed by atoms with Gasteiger partial charge in [0.05, 0.1) is 5.52 Å². The lowest BCUT2D eigenvalue weighted by atomic mass is 9.98. The molecule has 2 N–H and O–H groups in total. The molecule has 4 heteroatoms.